The Bertz CT molecular complexity index is 2020. The molecule has 0 spiro atoms. The van der Waals surface area contributed by atoms with Crippen LogP contribution in [0.25, 0.3) is 28.0 Å². The molecule has 0 aliphatic rings. The first kappa shape index (κ1) is 24.1. The summed E-state index contributed by atoms with van der Waals surface area (Å²) < 4.78 is 3.09. The summed E-state index contributed by atoms with van der Waals surface area (Å²) in [5, 5.41) is 20.4. The molecule has 0 bridgehead atoms. The fraction of sp³-hybridized carbons (Fsp3) is 0.0357. The highest BCUT2D eigenvalue weighted by Crippen LogP contribution is 2.27. The molecule has 0 N–H and O–H groups in total. The molecule has 0 saturated carbocycles. The normalized spacial score (nSPS) is 11.7. The summed E-state index contributed by atoms with van der Waals surface area (Å²) in [5.74, 6) is 0. The summed E-state index contributed by atoms with van der Waals surface area (Å²) in [5.41, 5.74) is 2.40. The maximum Gasteiger partial charge on any atom is 0.296 e. The predicted octanol–water partition coefficient (Wildman–Crippen LogP) is 3.41. The Morgan fingerprint density at radius 2 is 1.67 bits per heavy atom. The van der Waals surface area contributed by atoms with Gasteiger partial charge in [-0.1, -0.05) is 72.0 Å². The minimum Gasteiger partial charge on any atom is -0.266 e. The number of hydrogen-bond acceptors (Lipinski definition) is 8. The monoisotopic (exact) mass is 534 g/mol. The summed E-state index contributed by atoms with van der Waals surface area (Å²) in [7, 11) is 0. The van der Waals surface area contributed by atoms with Crippen molar-refractivity contribution in [2.24, 2.45) is 0 Å². The van der Waals surface area contributed by atoms with Gasteiger partial charge in [-0.2, -0.15) is 19.7 Å². The van der Waals surface area contributed by atoms with Crippen LogP contribution in [0, 0.1) is 10.1 Å². The van der Waals surface area contributed by atoms with Gasteiger partial charge in [0, 0.05) is 35.9 Å². The molecule has 10 nitrogen and oxygen atoms in total. The molecule has 190 valence electrons. The van der Waals surface area contributed by atoms with Crippen LogP contribution >= 0.6 is 11.3 Å². The van der Waals surface area contributed by atoms with Crippen molar-refractivity contribution in [1.29, 1.82) is 0 Å². The molecule has 6 aromatic rings. The van der Waals surface area contributed by atoms with Crippen LogP contribution in [0.5, 0.6) is 0 Å². The van der Waals surface area contributed by atoms with Crippen LogP contribution in [-0.2, 0) is 6.42 Å². The van der Waals surface area contributed by atoms with Gasteiger partial charge < -0.3 is 0 Å². The number of nitrogens with zero attached hydrogens (tertiary/aromatic N) is 6. The molecule has 3 aromatic heterocycles. The zero-order valence-corrected chi connectivity index (χ0v) is 21.0. The Balaban J connectivity index is 1.51. The van der Waals surface area contributed by atoms with Crippen molar-refractivity contribution in [3.63, 3.8) is 0 Å². The zero-order chi connectivity index (χ0) is 26.9. The Morgan fingerprint density at radius 3 is 2.41 bits per heavy atom. The van der Waals surface area contributed by atoms with Crippen molar-refractivity contribution in [2.45, 2.75) is 6.42 Å². The molecule has 0 radical (unpaired) electrons. The van der Waals surface area contributed by atoms with Crippen LogP contribution in [0.1, 0.15) is 16.8 Å². The highest BCUT2D eigenvalue weighted by molar-refractivity contribution is 7.15. The topological polar surface area (TPSA) is 125 Å². The van der Waals surface area contributed by atoms with E-state index < -0.39 is 16.0 Å². The Morgan fingerprint density at radius 1 is 0.923 bits per heavy atom. The Kier molecular flexibility index (Phi) is 6.10. The Hall–Kier alpha value is -5.29. The van der Waals surface area contributed by atoms with Crippen LogP contribution in [0.4, 0.5) is 5.69 Å². The molecule has 0 fully saturated rings. The van der Waals surface area contributed by atoms with Gasteiger partial charge in [0.05, 0.1) is 15.1 Å². The Labute approximate surface area is 223 Å². The second kappa shape index (κ2) is 9.88. The number of nitro benzene ring substituents is 1. The maximum atomic E-state index is 13.3. The molecule has 6 rings (SSSR count). The van der Waals surface area contributed by atoms with Crippen molar-refractivity contribution in [3.05, 3.63) is 143 Å². The van der Waals surface area contributed by atoms with Crippen molar-refractivity contribution in [2.75, 3.05) is 0 Å². The molecular formula is C28H18N6O4S. The molecule has 11 heteroatoms. The van der Waals surface area contributed by atoms with Crippen LogP contribution in [-0.4, -0.2) is 29.3 Å². The van der Waals surface area contributed by atoms with Gasteiger partial charge in [0.1, 0.15) is 11.4 Å². The lowest BCUT2D eigenvalue weighted by Gasteiger charge is -2.00. The number of fused-ring (bicyclic) bond motifs is 1. The second-order valence-electron chi connectivity index (χ2n) is 8.66. The summed E-state index contributed by atoms with van der Waals surface area (Å²) in [6.45, 7) is 0. The van der Waals surface area contributed by atoms with E-state index in [1.54, 1.807) is 29.1 Å². The largest absolute Gasteiger partial charge is 0.296 e. The van der Waals surface area contributed by atoms with E-state index in [1.807, 2.05) is 60.7 Å². The van der Waals surface area contributed by atoms with Crippen molar-refractivity contribution >= 4 is 28.1 Å². The van der Waals surface area contributed by atoms with E-state index in [2.05, 4.69) is 15.2 Å². The SMILES string of the molecule is O=c1nc2sc(=Cc3cn(-c4ccccc4)nc3-c3cccc([N+](=O)[O-])c3)c(=O)n2nc1Cc1ccccc1. The first-order valence-electron chi connectivity index (χ1n) is 11.8. The van der Waals surface area contributed by atoms with Crippen molar-refractivity contribution in [3.8, 4) is 16.9 Å². The van der Waals surface area contributed by atoms with Crippen molar-refractivity contribution in [1.82, 2.24) is 24.4 Å². The van der Waals surface area contributed by atoms with Gasteiger partial charge in [0.2, 0.25) is 4.96 Å². The van der Waals surface area contributed by atoms with Crippen molar-refractivity contribution < 1.29 is 4.92 Å². The number of rotatable bonds is 6. The first-order chi connectivity index (χ1) is 19.0. The van der Waals surface area contributed by atoms with E-state index in [-0.39, 0.29) is 22.8 Å². The third-order valence-electron chi connectivity index (χ3n) is 6.05. The van der Waals surface area contributed by atoms with E-state index in [4.69, 9.17) is 0 Å². The summed E-state index contributed by atoms with van der Waals surface area (Å²) in [6, 6.07) is 24.9. The molecule has 0 saturated heterocycles. The second-order valence-corrected chi connectivity index (χ2v) is 9.67. The predicted molar refractivity (Wildman–Crippen MR) is 147 cm³/mol. The first-order valence-corrected chi connectivity index (χ1v) is 12.7. The standard InChI is InChI=1S/C28H18N6O4S/c35-26-23(14-18-8-3-1-4-9-18)30-33-27(36)24(39-28(33)29-26)16-20-17-32(21-11-5-2-6-12-21)31-25(20)19-10-7-13-22(15-19)34(37)38/h1-13,15-17H,14H2. The number of nitro groups is 1. The van der Waals surface area contributed by atoms with E-state index >= 15 is 0 Å². The van der Waals surface area contributed by atoms with Gasteiger partial charge in [-0.05, 0) is 23.8 Å². The summed E-state index contributed by atoms with van der Waals surface area (Å²) in [6.07, 6.45) is 3.65. The minimum absolute atomic E-state index is 0.0723. The molecule has 39 heavy (non-hydrogen) atoms. The van der Waals surface area contributed by atoms with Crippen LogP contribution in [0.3, 0.4) is 0 Å². The quantitative estimate of drug-likeness (QED) is 0.237. The van der Waals surface area contributed by atoms with E-state index in [0.717, 1.165) is 27.1 Å². The van der Waals surface area contributed by atoms with E-state index in [0.29, 0.717) is 21.4 Å². The highest BCUT2D eigenvalue weighted by Gasteiger charge is 2.16. The average molecular weight is 535 g/mol. The van der Waals surface area contributed by atoms with E-state index in [9.17, 15) is 19.7 Å². The molecule has 0 aliphatic carbocycles. The van der Waals surface area contributed by atoms with Crippen LogP contribution in [0.2, 0.25) is 0 Å². The molecule has 0 aliphatic heterocycles. The number of benzene rings is 3. The van der Waals surface area contributed by atoms with Gasteiger partial charge in [0.25, 0.3) is 16.8 Å². The molecule has 0 amide bonds. The maximum absolute atomic E-state index is 13.3. The number of hydrogen-bond donors (Lipinski definition) is 0. The lowest BCUT2D eigenvalue weighted by molar-refractivity contribution is -0.384. The lowest BCUT2D eigenvalue weighted by atomic mass is 10.1. The molecule has 0 unspecified atom stereocenters. The minimum atomic E-state index is -0.485. The van der Waals surface area contributed by atoms with Crippen LogP contribution in [0.15, 0.2) is 101 Å². The van der Waals surface area contributed by atoms with Gasteiger partial charge in [-0.25, -0.2) is 4.68 Å². The number of thiazole rings is 1. The zero-order valence-electron chi connectivity index (χ0n) is 20.2. The van der Waals surface area contributed by atoms with Crippen LogP contribution < -0.4 is 15.7 Å². The molecule has 0 atom stereocenters. The number of non-ortho nitro benzene ring substituents is 1. The fourth-order valence-electron chi connectivity index (χ4n) is 4.18. The summed E-state index contributed by atoms with van der Waals surface area (Å²) >= 11 is 1.04. The third kappa shape index (κ3) is 4.74. The number of aromatic nitrogens is 5. The van der Waals surface area contributed by atoms with Gasteiger partial charge in [-0.15, -0.1) is 0 Å². The molecular weight excluding hydrogens is 516 g/mol. The summed E-state index contributed by atoms with van der Waals surface area (Å²) in [4.78, 5) is 41.2. The van der Waals surface area contributed by atoms with E-state index in [1.165, 1.54) is 12.1 Å². The van der Waals surface area contributed by atoms with Gasteiger partial charge in [-0.3, -0.25) is 19.7 Å². The third-order valence-corrected chi connectivity index (χ3v) is 7.00. The smallest absolute Gasteiger partial charge is 0.266 e. The highest BCUT2D eigenvalue weighted by atomic mass is 32.1. The number of para-hydroxylation sites is 1. The molecule has 3 aromatic carbocycles. The molecule has 3 heterocycles. The van der Waals surface area contributed by atoms with Gasteiger partial charge >= 0.3 is 0 Å². The average Bonchev–Trinajstić information content (AvgIpc) is 3.51. The van der Waals surface area contributed by atoms with Gasteiger partial charge in [0.15, 0.2) is 0 Å². The lowest BCUT2D eigenvalue weighted by Crippen LogP contribution is -2.28. The fourth-order valence-corrected chi connectivity index (χ4v) is 5.07.